The molecule has 0 aromatic heterocycles. The van der Waals surface area contributed by atoms with Crippen LogP contribution in [0.1, 0.15) is 58.8 Å². The molecule has 17 heavy (non-hydrogen) atoms. The summed E-state index contributed by atoms with van der Waals surface area (Å²) in [6.07, 6.45) is 9.55. The minimum absolute atomic E-state index is 0.699. The van der Waals surface area contributed by atoms with E-state index in [0.717, 1.165) is 17.7 Å². The molecule has 98 valence electrons. The molecule has 0 bridgehead atoms. The van der Waals surface area contributed by atoms with Gasteiger partial charge in [-0.15, -0.1) is 0 Å². The molecule has 3 heteroatoms. The third-order valence-electron chi connectivity index (χ3n) is 4.04. The van der Waals surface area contributed by atoms with Gasteiger partial charge >= 0.3 is 0 Å². The van der Waals surface area contributed by atoms with E-state index in [1.165, 1.54) is 50.1 Å². The van der Waals surface area contributed by atoms with E-state index in [1.54, 1.807) is 0 Å². The van der Waals surface area contributed by atoms with E-state index in [1.807, 2.05) is 11.8 Å². The van der Waals surface area contributed by atoms with Crippen LogP contribution >= 0.6 is 11.8 Å². The van der Waals surface area contributed by atoms with Crippen LogP contribution in [0.2, 0.25) is 0 Å². The first-order valence-electron chi connectivity index (χ1n) is 7.29. The lowest BCUT2D eigenvalue weighted by Gasteiger charge is -2.29. The summed E-state index contributed by atoms with van der Waals surface area (Å²) in [4.78, 5) is 4.61. The van der Waals surface area contributed by atoms with Gasteiger partial charge in [-0.2, -0.15) is 0 Å². The molecular formula is C14H26N2S. The van der Waals surface area contributed by atoms with Crippen molar-refractivity contribution in [1.29, 1.82) is 0 Å². The minimum atomic E-state index is 0.699. The van der Waals surface area contributed by atoms with Crippen LogP contribution in [0.3, 0.4) is 0 Å². The lowest BCUT2D eigenvalue weighted by atomic mass is 9.84. The van der Waals surface area contributed by atoms with Crippen LogP contribution in [0.15, 0.2) is 4.99 Å². The molecule has 0 radical (unpaired) electrons. The molecule has 2 aliphatic rings. The molecule has 0 amide bonds. The summed E-state index contributed by atoms with van der Waals surface area (Å²) < 4.78 is 0. The standard InChI is InChI=1S/C14H26N2S/c1-3-5-11-6-8-12(9-7-11)16-14-15-10-13(4-2)17-14/h11-13H,3-10H2,1-2H3,(H,15,16). The van der Waals surface area contributed by atoms with Gasteiger partial charge < -0.3 is 5.32 Å². The van der Waals surface area contributed by atoms with Gasteiger partial charge in [-0.3, -0.25) is 4.99 Å². The lowest BCUT2D eigenvalue weighted by Crippen LogP contribution is -2.35. The van der Waals surface area contributed by atoms with Crippen molar-refractivity contribution in [2.75, 3.05) is 6.54 Å². The van der Waals surface area contributed by atoms with Crippen LogP contribution in [0.25, 0.3) is 0 Å². The van der Waals surface area contributed by atoms with Crippen molar-refractivity contribution in [3.05, 3.63) is 0 Å². The fourth-order valence-corrected chi connectivity index (χ4v) is 3.90. The van der Waals surface area contributed by atoms with Crippen molar-refractivity contribution in [3.63, 3.8) is 0 Å². The first kappa shape index (κ1) is 13.3. The van der Waals surface area contributed by atoms with Crippen molar-refractivity contribution in [3.8, 4) is 0 Å². The number of hydrogen-bond donors (Lipinski definition) is 1. The number of nitrogens with one attached hydrogen (secondary N) is 1. The monoisotopic (exact) mass is 254 g/mol. The number of amidine groups is 1. The molecule has 1 atom stereocenters. The van der Waals surface area contributed by atoms with E-state index in [2.05, 4.69) is 24.2 Å². The molecule has 2 rings (SSSR count). The van der Waals surface area contributed by atoms with Gasteiger partial charge in [-0.25, -0.2) is 0 Å². The summed E-state index contributed by atoms with van der Waals surface area (Å²) in [6, 6.07) is 0.699. The molecule has 0 aromatic rings. The maximum absolute atomic E-state index is 4.61. The number of nitrogens with zero attached hydrogens (tertiary/aromatic N) is 1. The molecule has 1 aliphatic heterocycles. The molecule has 0 saturated heterocycles. The molecular weight excluding hydrogens is 228 g/mol. The van der Waals surface area contributed by atoms with Gasteiger partial charge in [-0.1, -0.05) is 38.5 Å². The molecule has 0 aromatic carbocycles. The van der Waals surface area contributed by atoms with Gasteiger partial charge in [-0.05, 0) is 38.0 Å². The normalized spacial score (nSPS) is 33.5. The zero-order valence-corrected chi connectivity index (χ0v) is 12.1. The molecule has 1 aliphatic carbocycles. The third kappa shape index (κ3) is 3.90. The number of rotatable bonds is 4. The Bertz CT molecular complexity index is 257. The predicted octanol–water partition coefficient (Wildman–Crippen LogP) is 3.82. The Balaban J connectivity index is 1.68. The van der Waals surface area contributed by atoms with Crippen LogP contribution in [0, 0.1) is 5.92 Å². The van der Waals surface area contributed by atoms with Crippen LogP contribution in [0.4, 0.5) is 0 Å². The molecule has 1 fully saturated rings. The number of thioether (sulfide) groups is 1. The quantitative estimate of drug-likeness (QED) is 0.825. The average molecular weight is 254 g/mol. The molecule has 0 spiro atoms. The Morgan fingerprint density at radius 1 is 1.24 bits per heavy atom. The Hall–Kier alpha value is -0.180. The zero-order chi connectivity index (χ0) is 12.1. The Morgan fingerprint density at radius 2 is 2.00 bits per heavy atom. The number of aliphatic imine (C=N–C) groups is 1. The van der Waals surface area contributed by atoms with Gasteiger partial charge in [0.1, 0.15) is 0 Å². The highest BCUT2D eigenvalue weighted by Crippen LogP contribution is 2.29. The summed E-state index contributed by atoms with van der Waals surface area (Å²) in [6.45, 7) is 5.58. The minimum Gasteiger partial charge on any atom is -0.362 e. The molecule has 1 N–H and O–H groups in total. The SMILES string of the molecule is CCCC1CCC(NC2=NCC(CC)S2)CC1. The van der Waals surface area contributed by atoms with Crippen molar-refractivity contribution >= 4 is 16.9 Å². The van der Waals surface area contributed by atoms with Gasteiger partial charge in [0.25, 0.3) is 0 Å². The van der Waals surface area contributed by atoms with Gasteiger partial charge in [0, 0.05) is 11.3 Å². The first-order valence-corrected chi connectivity index (χ1v) is 8.17. The Morgan fingerprint density at radius 3 is 2.59 bits per heavy atom. The maximum Gasteiger partial charge on any atom is 0.157 e. The van der Waals surface area contributed by atoms with Crippen LogP contribution in [0.5, 0.6) is 0 Å². The average Bonchev–Trinajstić information content (AvgIpc) is 2.80. The summed E-state index contributed by atoms with van der Waals surface area (Å²) in [7, 11) is 0. The highest BCUT2D eigenvalue weighted by molar-refractivity contribution is 8.14. The van der Waals surface area contributed by atoms with Gasteiger partial charge in [0.05, 0.1) is 6.54 Å². The predicted molar refractivity (Wildman–Crippen MR) is 77.8 cm³/mol. The highest BCUT2D eigenvalue weighted by Gasteiger charge is 2.24. The van der Waals surface area contributed by atoms with Crippen LogP contribution < -0.4 is 5.32 Å². The van der Waals surface area contributed by atoms with E-state index in [0.29, 0.717) is 6.04 Å². The second-order valence-electron chi connectivity index (χ2n) is 5.44. The van der Waals surface area contributed by atoms with E-state index < -0.39 is 0 Å². The summed E-state index contributed by atoms with van der Waals surface area (Å²) in [5, 5.41) is 5.61. The lowest BCUT2D eigenvalue weighted by molar-refractivity contribution is 0.296. The van der Waals surface area contributed by atoms with E-state index in [4.69, 9.17) is 0 Å². The Labute approximate surface area is 110 Å². The summed E-state index contributed by atoms with van der Waals surface area (Å²) in [5.74, 6) is 1.000. The van der Waals surface area contributed by atoms with Crippen molar-refractivity contribution in [2.45, 2.75) is 70.1 Å². The van der Waals surface area contributed by atoms with Crippen LogP contribution in [-0.2, 0) is 0 Å². The summed E-state index contributed by atoms with van der Waals surface area (Å²) in [5.41, 5.74) is 0. The number of hydrogen-bond acceptors (Lipinski definition) is 3. The second-order valence-corrected chi connectivity index (χ2v) is 6.73. The summed E-state index contributed by atoms with van der Waals surface area (Å²) >= 11 is 1.95. The third-order valence-corrected chi connectivity index (χ3v) is 5.33. The zero-order valence-electron chi connectivity index (χ0n) is 11.2. The second kappa shape index (κ2) is 6.67. The van der Waals surface area contributed by atoms with Crippen molar-refractivity contribution in [1.82, 2.24) is 5.32 Å². The molecule has 1 heterocycles. The topological polar surface area (TPSA) is 24.4 Å². The van der Waals surface area contributed by atoms with E-state index in [9.17, 15) is 0 Å². The highest BCUT2D eigenvalue weighted by atomic mass is 32.2. The van der Waals surface area contributed by atoms with Gasteiger partial charge in [0.2, 0.25) is 0 Å². The first-order chi connectivity index (χ1) is 8.31. The molecule has 1 unspecified atom stereocenters. The largest absolute Gasteiger partial charge is 0.362 e. The van der Waals surface area contributed by atoms with Gasteiger partial charge in [0.15, 0.2) is 5.17 Å². The molecule has 1 saturated carbocycles. The molecule has 2 nitrogen and oxygen atoms in total. The fraction of sp³-hybridized carbons (Fsp3) is 0.929. The fourth-order valence-electron chi connectivity index (χ4n) is 2.89. The van der Waals surface area contributed by atoms with Crippen molar-refractivity contribution in [2.24, 2.45) is 10.9 Å². The van der Waals surface area contributed by atoms with E-state index >= 15 is 0 Å². The van der Waals surface area contributed by atoms with Crippen LogP contribution in [-0.4, -0.2) is 23.0 Å². The Kier molecular flexibility index (Phi) is 5.20. The van der Waals surface area contributed by atoms with E-state index in [-0.39, 0.29) is 0 Å². The smallest absolute Gasteiger partial charge is 0.157 e. The van der Waals surface area contributed by atoms with Crippen molar-refractivity contribution < 1.29 is 0 Å². The maximum atomic E-state index is 4.61.